The van der Waals surface area contributed by atoms with Gasteiger partial charge in [0.05, 0.1) is 19.5 Å². The molecule has 0 aliphatic heterocycles. The van der Waals surface area contributed by atoms with Gasteiger partial charge in [0.2, 0.25) is 0 Å². The highest BCUT2D eigenvalue weighted by atomic mass is 31.2. The van der Waals surface area contributed by atoms with E-state index in [0.29, 0.717) is 0 Å². The van der Waals surface area contributed by atoms with Gasteiger partial charge in [-0.15, -0.1) is 0 Å². The van der Waals surface area contributed by atoms with E-state index in [9.17, 15) is 17.7 Å². The van der Waals surface area contributed by atoms with Gasteiger partial charge in [-0.05, 0) is 45.6 Å². The molecule has 1 atom stereocenters. The van der Waals surface area contributed by atoms with E-state index in [1.54, 1.807) is 19.6 Å². The lowest BCUT2D eigenvalue weighted by molar-refractivity contribution is -0.235. The van der Waals surface area contributed by atoms with Crippen molar-refractivity contribution in [3.63, 3.8) is 0 Å². The van der Waals surface area contributed by atoms with Crippen LogP contribution < -0.4 is 0 Å². The van der Waals surface area contributed by atoms with Crippen molar-refractivity contribution in [2.24, 2.45) is 0 Å². The topological polar surface area (TPSA) is 57.9 Å². The minimum atomic E-state index is -5.06. The summed E-state index contributed by atoms with van der Waals surface area (Å²) in [6, 6.07) is 2.34. The molecule has 0 bridgehead atoms. The Morgan fingerprint density at radius 3 is 2.00 bits per heavy atom. The van der Waals surface area contributed by atoms with Crippen LogP contribution >= 0.6 is 7.60 Å². The lowest BCUT2D eigenvalue weighted by Gasteiger charge is -2.41. The Kier molecular flexibility index (Phi) is 6.31. The molecule has 23 heavy (non-hydrogen) atoms. The highest BCUT2D eigenvalue weighted by Gasteiger charge is 2.73. The van der Waals surface area contributed by atoms with Crippen molar-refractivity contribution in [2.75, 3.05) is 13.2 Å². The number of hydrogen-bond donors (Lipinski definition) is 0. The zero-order valence-electron chi connectivity index (χ0n) is 13.8. The van der Waals surface area contributed by atoms with Crippen LogP contribution in [0, 0.1) is 0 Å². The van der Waals surface area contributed by atoms with Gasteiger partial charge in [0, 0.05) is 0 Å². The Balaban J connectivity index is 3.72. The summed E-state index contributed by atoms with van der Waals surface area (Å²) in [6.45, 7) is 7.07. The van der Waals surface area contributed by atoms with E-state index < -0.39 is 33.2 Å². The van der Waals surface area contributed by atoms with Crippen molar-refractivity contribution >= 4 is 15.9 Å². The Morgan fingerprint density at radius 2 is 1.70 bits per heavy atom. The zero-order chi connectivity index (χ0) is 17.9. The van der Waals surface area contributed by atoms with Crippen LogP contribution in [0.4, 0.5) is 13.2 Å². The van der Waals surface area contributed by atoms with E-state index in [-0.39, 0.29) is 13.2 Å². The maximum Gasteiger partial charge on any atom is 0.435 e. The molecule has 0 aliphatic rings. The Bertz CT molecular complexity index is 531. The molecule has 5 nitrogen and oxygen atoms in total. The van der Waals surface area contributed by atoms with Crippen LogP contribution in [0.1, 0.15) is 19.6 Å². The summed E-state index contributed by atoms with van der Waals surface area (Å²) >= 11 is 0. The van der Waals surface area contributed by atoms with Crippen LogP contribution in [0.2, 0.25) is 19.6 Å². The second-order valence-electron chi connectivity index (χ2n) is 5.67. The smallest absolute Gasteiger partial charge is 0.435 e. The summed E-state index contributed by atoms with van der Waals surface area (Å²) in [6.07, 6.45) is -4.00. The van der Waals surface area contributed by atoms with E-state index in [1.165, 1.54) is 19.9 Å². The van der Waals surface area contributed by atoms with E-state index in [4.69, 9.17) is 17.9 Å². The molecule has 10 heteroatoms. The maximum absolute atomic E-state index is 14.1. The standard InChI is InChI=1S/C13H22F3O5PSi/c1-6-19-22(17,20-7-2)12(13(14,15)16,21-23(3,4)5)11-9-8-10-18-11/h8-10H,6-7H2,1-5H3. The van der Waals surface area contributed by atoms with Gasteiger partial charge in [0.15, 0.2) is 14.1 Å². The fourth-order valence-electron chi connectivity index (χ4n) is 2.07. The monoisotopic (exact) mass is 374 g/mol. The highest BCUT2D eigenvalue weighted by molar-refractivity contribution is 7.55. The molecule has 0 N–H and O–H groups in total. The Labute approximate surface area is 134 Å². The van der Waals surface area contributed by atoms with Crippen molar-refractivity contribution in [3.05, 3.63) is 24.2 Å². The first-order valence-electron chi connectivity index (χ1n) is 7.13. The molecule has 0 aliphatic carbocycles. The van der Waals surface area contributed by atoms with Crippen LogP contribution in [0.25, 0.3) is 0 Å². The van der Waals surface area contributed by atoms with Crippen molar-refractivity contribution in [1.82, 2.24) is 0 Å². The van der Waals surface area contributed by atoms with E-state index >= 15 is 0 Å². The first-order chi connectivity index (χ1) is 10.4. The van der Waals surface area contributed by atoms with E-state index in [1.807, 2.05) is 0 Å². The predicted octanol–water partition coefficient (Wildman–Crippen LogP) is 5.11. The summed E-state index contributed by atoms with van der Waals surface area (Å²) in [5.41, 5.74) is 0. The lowest BCUT2D eigenvalue weighted by atomic mass is 10.2. The second kappa shape index (κ2) is 7.10. The Morgan fingerprint density at radius 1 is 1.17 bits per heavy atom. The highest BCUT2D eigenvalue weighted by Crippen LogP contribution is 2.71. The average Bonchev–Trinajstić information content (AvgIpc) is 2.87. The number of halogens is 3. The average molecular weight is 374 g/mol. The van der Waals surface area contributed by atoms with Crippen molar-refractivity contribution in [2.45, 2.75) is 45.0 Å². The second-order valence-corrected chi connectivity index (χ2v) is 12.2. The maximum atomic E-state index is 14.1. The van der Waals surface area contributed by atoms with Crippen LogP contribution in [0.15, 0.2) is 22.8 Å². The molecule has 0 fully saturated rings. The van der Waals surface area contributed by atoms with Gasteiger partial charge >= 0.3 is 19.1 Å². The normalized spacial score (nSPS) is 16.3. The fraction of sp³-hybridized carbons (Fsp3) is 0.692. The number of alkyl halides is 3. The quantitative estimate of drug-likeness (QED) is 0.467. The van der Waals surface area contributed by atoms with Gasteiger partial charge < -0.3 is 17.9 Å². The van der Waals surface area contributed by atoms with Crippen LogP contribution in [0.5, 0.6) is 0 Å². The van der Waals surface area contributed by atoms with Crippen LogP contribution in [0.3, 0.4) is 0 Å². The van der Waals surface area contributed by atoms with Gasteiger partial charge in [-0.1, -0.05) is 0 Å². The third-order valence-electron chi connectivity index (χ3n) is 2.68. The van der Waals surface area contributed by atoms with Gasteiger partial charge in [0.1, 0.15) is 0 Å². The molecule has 1 aromatic heterocycles. The van der Waals surface area contributed by atoms with Gasteiger partial charge in [-0.3, -0.25) is 4.57 Å². The van der Waals surface area contributed by atoms with Crippen molar-refractivity contribution < 1.29 is 35.6 Å². The molecule has 1 heterocycles. The zero-order valence-corrected chi connectivity index (χ0v) is 15.7. The van der Waals surface area contributed by atoms with E-state index in [2.05, 4.69) is 0 Å². The first-order valence-corrected chi connectivity index (χ1v) is 12.1. The van der Waals surface area contributed by atoms with Gasteiger partial charge in [0.25, 0.3) is 0 Å². The molecule has 1 unspecified atom stereocenters. The first kappa shape index (κ1) is 20.4. The molecule has 0 radical (unpaired) electrons. The third-order valence-corrected chi connectivity index (χ3v) is 6.30. The SMILES string of the molecule is CCOP(=O)(OCC)C(O[Si](C)(C)C)(c1ccco1)C(F)(F)F. The molecule has 0 spiro atoms. The van der Waals surface area contributed by atoms with E-state index in [0.717, 1.165) is 12.3 Å². The molecule has 1 aromatic rings. The summed E-state index contributed by atoms with van der Waals surface area (Å²) < 4.78 is 75.8. The number of rotatable bonds is 8. The van der Waals surface area contributed by atoms with Crippen molar-refractivity contribution in [3.8, 4) is 0 Å². The lowest BCUT2D eigenvalue weighted by Crippen LogP contribution is -2.51. The van der Waals surface area contributed by atoms with Crippen LogP contribution in [-0.4, -0.2) is 27.7 Å². The van der Waals surface area contributed by atoms with Gasteiger partial charge in [-0.25, -0.2) is 0 Å². The minimum Gasteiger partial charge on any atom is -0.465 e. The largest absolute Gasteiger partial charge is 0.465 e. The molecule has 0 saturated heterocycles. The van der Waals surface area contributed by atoms with Gasteiger partial charge in [-0.2, -0.15) is 13.2 Å². The third kappa shape index (κ3) is 4.08. The number of furan rings is 1. The predicted molar refractivity (Wildman–Crippen MR) is 81.7 cm³/mol. The summed E-state index contributed by atoms with van der Waals surface area (Å²) in [5, 5.41) is -3.29. The summed E-state index contributed by atoms with van der Waals surface area (Å²) in [4.78, 5) is 0. The summed E-state index contributed by atoms with van der Waals surface area (Å²) in [7, 11) is -7.61. The minimum absolute atomic E-state index is 0.231. The molecule has 0 aromatic carbocycles. The molecule has 1 rings (SSSR count). The molecule has 0 saturated carbocycles. The molecule has 0 amide bonds. The van der Waals surface area contributed by atoms with Crippen LogP contribution in [-0.2, 0) is 23.4 Å². The fourth-order valence-corrected chi connectivity index (χ4v) is 6.26. The summed E-state index contributed by atoms with van der Waals surface area (Å²) in [5.74, 6) is -0.641. The Hall–Kier alpha value is -0.603. The number of hydrogen-bond acceptors (Lipinski definition) is 5. The molecular weight excluding hydrogens is 352 g/mol. The molecule has 134 valence electrons. The molecular formula is C13H22F3O5PSi. The van der Waals surface area contributed by atoms with Crippen molar-refractivity contribution in [1.29, 1.82) is 0 Å².